The molecule has 0 aromatic carbocycles. The van der Waals surface area contributed by atoms with E-state index in [0.29, 0.717) is 17.1 Å². The van der Waals surface area contributed by atoms with Crippen molar-refractivity contribution in [1.29, 1.82) is 0 Å². The van der Waals surface area contributed by atoms with E-state index in [2.05, 4.69) is 19.7 Å². The summed E-state index contributed by atoms with van der Waals surface area (Å²) in [4.78, 5) is 12.3. The van der Waals surface area contributed by atoms with Gasteiger partial charge in [-0.25, -0.2) is 20.8 Å². The number of aromatic nitrogens is 3. The van der Waals surface area contributed by atoms with Gasteiger partial charge in [0.05, 0.1) is 35.0 Å². The van der Waals surface area contributed by atoms with E-state index in [0.717, 1.165) is 30.6 Å². The molecule has 33 heavy (non-hydrogen) atoms. The predicted octanol–water partition coefficient (Wildman–Crippen LogP) is 0.547. The molecular weight excluding hydrogens is 427 g/mol. The molecule has 6 N–H and O–H groups in total. The average Bonchev–Trinajstić information content (AvgIpc) is 2.75. The van der Waals surface area contributed by atoms with Crippen LogP contribution in [0.2, 0.25) is 0 Å². The van der Waals surface area contributed by atoms with Gasteiger partial charge in [0, 0.05) is 7.05 Å². The molecule has 0 unspecified atom stereocenters. The van der Waals surface area contributed by atoms with Crippen molar-refractivity contribution < 1.29 is 24.4 Å². The summed E-state index contributed by atoms with van der Waals surface area (Å²) in [6.07, 6.45) is 7.08. The zero-order chi connectivity index (χ0) is 24.0. The first-order valence-corrected chi connectivity index (χ1v) is 10.6. The summed E-state index contributed by atoms with van der Waals surface area (Å²) in [6, 6.07) is 4.88. The van der Waals surface area contributed by atoms with Gasteiger partial charge in [-0.05, 0) is 44.7 Å². The fraction of sp³-hybridized carbons (Fsp3) is 0.476. The van der Waals surface area contributed by atoms with Crippen LogP contribution in [-0.4, -0.2) is 63.7 Å². The third kappa shape index (κ3) is 7.21. The monoisotopic (exact) mass is 456 g/mol. The van der Waals surface area contributed by atoms with Crippen molar-refractivity contribution in [2.24, 2.45) is 11.6 Å². The molecule has 2 heterocycles. The van der Waals surface area contributed by atoms with Crippen LogP contribution >= 0.6 is 0 Å². The summed E-state index contributed by atoms with van der Waals surface area (Å²) >= 11 is 0. The van der Waals surface area contributed by atoms with Crippen molar-refractivity contribution in [3.63, 3.8) is 0 Å². The molecular formula is C21H29BN6O5. The zero-order valence-electron chi connectivity index (χ0n) is 18.8. The van der Waals surface area contributed by atoms with Crippen molar-refractivity contribution in [1.82, 2.24) is 20.0 Å². The molecule has 1 aliphatic carbocycles. The first kappa shape index (κ1) is 24.6. The number of aliphatic hydroxyl groups is 2. The van der Waals surface area contributed by atoms with E-state index in [9.17, 15) is 0 Å². The third-order valence-electron chi connectivity index (χ3n) is 5.12. The molecule has 0 bridgehead atoms. The van der Waals surface area contributed by atoms with E-state index >= 15 is 0 Å². The highest BCUT2D eigenvalue weighted by Crippen LogP contribution is 2.26. The predicted molar refractivity (Wildman–Crippen MR) is 121 cm³/mol. The summed E-state index contributed by atoms with van der Waals surface area (Å²) in [6.45, 7) is 1.82. The molecule has 176 valence electrons. The normalized spacial score (nSPS) is 15.5. The standard InChI is InChI=1S/C21H29BN6O5/c1-13-17(32-14-6-4-3-5-7-14)9-8-15(27-13)20(23)16(28(2)24)11-31-18-10-19(26-12-25-18)33-21(22,29)30/h8-10,12,14,29-30H,3-7,11,23-24H2,1-2H3/b20-16-. The van der Waals surface area contributed by atoms with E-state index in [4.69, 9.17) is 39.1 Å². The largest absolute Gasteiger partial charge is 0.489 e. The minimum absolute atomic E-state index is 0.0532. The van der Waals surface area contributed by atoms with Crippen molar-refractivity contribution in [3.05, 3.63) is 41.6 Å². The second kappa shape index (κ2) is 10.7. The lowest BCUT2D eigenvalue weighted by Gasteiger charge is -2.24. The molecule has 11 nitrogen and oxygen atoms in total. The number of nitrogens with zero attached hydrogens (tertiary/aromatic N) is 4. The van der Waals surface area contributed by atoms with Crippen LogP contribution in [0.1, 0.15) is 43.5 Å². The Morgan fingerprint density at radius 3 is 2.55 bits per heavy atom. The Morgan fingerprint density at radius 1 is 1.21 bits per heavy atom. The molecule has 2 radical (unpaired) electrons. The average molecular weight is 456 g/mol. The van der Waals surface area contributed by atoms with Gasteiger partial charge < -0.3 is 35.2 Å². The molecule has 0 spiro atoms. The Hall–Kier alpha value is -3.09. The number of ether oxygens (including phenoxy) is 3. The molecule has 1 fully saturated rings. The van der Waals surface area contributed by atoms with E-state index < -0.39 is 5.87 Å². The maximum Gasteiger partial charge on any atom is 0.261 e. The molecule has 1 aliphatic rings. The smallest absolute Gasteiger partial charge is 0.261 e. The molecule has 1 saturated carbocycles. The zero-order valence-corrected chi connectivity index (χ0v) is 18.8. The van der Waals surface area contributed by atoms with Crippen LogP contribution in [0.4, 0.5) is 0 Å². The number of nitrogens with two attached hydrogens (primary N) is 2. The van der Waals surface area contributed by atoms with Crippen LogP contribution in [0, 0.1) is 6.92 Å². The fourth-order valence-electron chi connectivity index (χ4n) is 3.46. The van der Waals surface area contributed by atoms with Crippen molar-refractivity contribution in [2.75, 3.05) is 13.7 Å². The van der Waals surface area contributed by atoms with Crippen molar-refractivity contribution >= 4 is 13.5 Å². The maximum atomic E-state index is 9.13. The second-order valence-electron chi connectivity index (χ2n) is 7.87. The van der Waals surface area contributed by atoms with Crippen molar-refractivity contribution in [2.45, 2.75) is 51.0 Å². The van der Waals surface area contributed by atoms with Gasteiger partial charge in [0.15, 0.2) is 0 Å². The summed E-state index contributed by atoms with van der Waals surface area (Å²) in [5.74, 6) is 3.72. The maximum absolute atomic E-state index is 9.13. The van der Waals surface area contributed by atoms with Crippen LogP contribution < -0.4 is 25.8 Å². The first-order valence-electron chi connectivity index (χ1n) is 10.6. The second-order valence-corrected chi connectivity index (χ2v) is 7.87. The minimum atomic E-state index is -2.88. The Labute approximate surface area is 193 Å². The Morgan fingerprint density at radius 2 is 1.91 bits per heavy atom. The lowest BCUT2D eigenvalue weighted by Crippen LogP contribution is -2.35. The third-order valence-corrected chi connectivity index (χ3v) is 5.12. The van der Waals surface area contributed by atoms with Crippen LogP contribution in [0.3, 0.4) is 0 Å². The van der Waals surface area contributed by atoms with E-state index in [1.54, 1.807) is 13.1 Å². The summed E-state index contributed by atoms with van der Waals surface area (Å²) in [5.41, 5.74) is 8.39. The van der Waals surface area contributed by atoms with Gasteiger partial charge in [-0.15, -0.1) is 0 Å². The Kier molecular flexibility index (Phi) is 7.95. The first-order chi connectivity index (χ1) is 15.6. The fourth-order valence-corrected chi connectivity index (χ4v) is 3.46. The highest BCUT2D eigenvalue weighted by atomic mass is 16.8. The number of aryl methyl sites for hydroxylation is 1. The lowest BCUT2D eigenvalue weighted by atomic mass is 9.98. The molecule has 0 atom stereocenters. The van der Waals surface area contributed by atoms with E-state index in [1.165, 1.54) is 30.3 Å². The molecule has 0 amide bonds. The Balaban J connectivity index is 1.73. The molecule has 3 rings (SSSR count). The minimum Gasteiger partial charge on any atom is -0.489 e. The molecule has 0 saturated heterocycles. The SMILES string of the molecule is [B]C(O)(O)Oc1cc(OC/C(=C(/N)c2ccc(OC3CCCCC3)c(C)n2)N(C)N)ncn1. The molecule has 0 aliphatic heterocycles. The van der Waals surface area contributed by atoms with E-state index in [-0.39, 0.29) is 24.5 Å². The molecule has 12 heteroatoms. The summed E-state index contributed by atoms with van der Waals surface area (Å²) in [5, 5.41) is 19.6. The highest BCUT2D eigenvalue weighted by Gasteiger charge is 2.19. The molecule has 2 aromatic heterocycles. The number of likely N-dealkylation sites (N-methyl/N-ethyl adjacent to an activating group) is 1. The molecule has 2 aromatic rings. The van der Waals surface area contributed by atoms with E-state index in [1.807, 2.05) is 13.0 Å². The van der Waals surface area contributed by atoms with Gasteiger partial charge in [-0.3, -0.25) is 0 Å². The number of hydrogen-bond donors (Lipinski definition) is 4. The Bertz CT molecular complexity index is 976. The van der Waals surface area contributed by atoms with Crippen LogP contribution in [0.15, 0.2) is 30.2 Å². The number of hydrogen-bond acceptors (Lipinski definition) is 11. The van der Waals surface area contributed by atoms with Gasteiger partial charge in [-0.1, -0.05) is 6.42 Å². The van der Waals surface area contributed by atoms with Gasteiger partial charge in [0.1, 0.15) is 18.7 Å². The number of rotatable bonds is 9. The lowest BCUT2D eigenvalue weighted by molar-refractivity contribution is -0.225. The summed E-state index contributed by atoms with van der Waals surface area (Å²) in [7, 11) is 6.60. The van der Waals surface area contributed by atoms with Gasteiger partial charge in [-0.2, -0.15) is 0 Å². The quantitative estimate of drug-likeness (QED) is 0.180. The number of pyridine rings is 1. The van der Waals surface area contributed by atoms with Gasteiger partial charge in [0.2, 0.25) is 19.6 Å². The van der Waals surface area contributed by atoms with Crippen molar-refractivity contribution in [3.8, 4) is 17.5 Å². The summed E-state index contributed by atoms with van der Waals surface area (Å²) < 4.78 is 16.4. The van der Waals surface area contributed by atoms with Crippen LogP contribution in [0.25, 0.3) is 5.70 Å². The van der Waals surface area contributed by atoms with Gasteiger partial charge >= 0.3 is 0 Å². The van der Waals surface area contributed by atoms with Crippen LogP contribution in [0.5, 0.6) is 17.5 Å². The number of hydrazine groups is 1. The topological polar surface area (TPSA) is 162 Å². The highest BCUT2D eigenvalue weighted by molar-refractivity contribution is 6.11. The van der Waals surface area contributed by atoms with Crippen LogP contribution in [-0.2, 0) is 0 Å². The van der Waals surface area contributed by atoms with Gasteiger partial charge in [0.25, 0.3) is 5.87 Å².